The average Bonchev–Trinajstić information content (AvgIpc) is 2.69. The van der Waals surface area contributed by atoms with Crippen LogP contribution in [-0.2, 0) is 16.1 Å². The van der Waals surface area contributed by atoms with Gasteiger partial charge in [-0.05, 0) is 69.7 Å². The minimum absolute atomic E-state index is 0.0274. The lowest BCUT2D eigenvalue weighted by molar-refractivity contribution is -0.138. The van der Waals surface area contributed by atoms with Gasteiger partial charge in [0.1, 0.15) is 36.1 Å². The summed E-state index contributed by atoms with van der Waals surface area (Å²) in [5.41, 5.74) is -0.0982. The molecule has 9 heteroatoms. The highest BCUT2D eigenvalue weighted by Crippen LogP contribution is 2.32. The van der Waals surface area contributed by atoms with E-state index in [2.05, 4.69) is 0 Å². The molecule has 0 aliphatic rings. The first-order chi connectivity index (χ1) is 14.9. The van der Waals surface area contributed by atoms with Crippen molar-refractivity contribution in [3.8, 4) is 11.5 Å². The summed E-state index contributed by atoms with van der Waals surface area (Å²) in [6.07, 6.45) is -0.838. The van der Waals surface area contributed by atoms with Crippen LogP contribution in [0.1, 0.15) is 44.9 Å². The van der Waals surface area contributed by atoms with Crippen LogP contribution in [-0.4, -0.2) is 41.3 Å². The van der Waals surface area contributed by atoms with Crippen LogP contribution in [0.2, 0.25) is 5.02 Å². The van der Waals surface area contributed by atoms with Gasteiger partial charge in [0, 0.05) is 5.56 Å². The molecule has 0 spiro atoms. The van der Waals surface area contributed by atoms with E-state index in [-0.39, 0.29) is 11.6 Å². The molecule has 0 aliphatic heterocycles. The number of hydrogen-bond donors (Lipinski definition) is 1. The normalized spacial score (nSPS) is 12.1. The zero-order valence-corrected chi connectivity index (χ0v) is 19.4. The molecule has 0 saturated heterocycles. The first kappa shape index (κ1) is 25.3. The van der Waals surface area contributed by atoms with Crippen LogP contribution < -0.4 is 9.47 Å². The van der Waals surface area contributed by atoms with Gasteiger partial charge in [-0.1, -0.05) is 11.6 Å². The third-order valence-electron chi connectivity index (χ3n) is 4.49. The lowest BCUT2D eigenvalue weighted by Gasteiger charge is -2.32. The van der Waals surface area contributed by atoms with Crippen LogP contribution in [0.5, 0.6) is 11.5 Å². The monoisotopic (exact) mass is 467 g/mol. The van der Waals surface area contributed by atoms with E-state index in [9.17, 15) is 19.1 Å². The van der Waals surface area contributed by atoms with E-state index in [1.54, 1.807) is 59.1 Å². The van der Waals surface area contributed by atoms with E-state index >= 15 is 0 Å². The van der Waals surface area contributed by atoms with Crippen molar-refractivity contribution >= 4 is 23.7 Å². The molecule has 0 saturated carbocycles. The maximum atomic E-state index is 14.2. The Kier molecular flexibility index (Phi) is 8.32. The Morgan fingerprint density at radius 1 is 1.16 bits per heavy atom. The molecule has 174 valence electrons. The minimum atomic E-state index is -1.23. The lowest BCUT2D eigenvalue weighted by Crippen LogP contribution is -2.41. The van der Waals surface area contributed by atoms with Crippen molar-refractivity contribution in [2.24, 2.45) is 0 Å². The summed E-state index contributed by atoms with van der Waals surface area (Å²) < 4.78 is 30.5. The molecule has 1 N–H and O–H groups in total. The first-order valence-electron chi connectivity index (χ1n) is 9.87. The zero-order valence-electron chi connectivity index (χ0n) is 18.6. The summed E-state index contributed by atoms with van der Waals surface area (Å²) in [7, 11) is 1.55. The Morgan fingerprint density at radius 3 is 2.28 bits per heavy atom. The Balaban J connectivity index is 2.37. The molecule has 1 atom stereocenters. The molecule has 1 amide bonds. The van der Waals surface area contributed by atoms with E-state index in [1.165, 1.54) is 6.07 Å². The van der Waals surface area contributed by atoms with Gasteiger partial charge < -0.3 is 19.3 Å². The summed E-state index contributed by atoms with van der Waals surface area (Å²) in [6.45, 7) is 5.92. The van der Waals surface area contributed by atoms with Crippen molar-refractivity contribution < 1.29 is 33.3 Å². The summed E-state index contributed by atoms with van der Waals surface area (Å²) in [6, 6.07) is 8.35. The van der Waals surface area contributed by atoms with Crippen LogP contribution in [0.4, 0.5) is 9.18 Å². The van der Waals surface area contributed by atoms with E-state index < -0.39 is 36.1 Å². The topological polar surface area (TPSA) is 85.3 Å². The number of halogens is 2. The Bertz CT molecular complexity index is 958. The Labute approximate surface area is 191 Å². The quantitative estimate of drug-likeness (QED) is 0.555. The SMILES string of the molecule is COc1ccc(OCc2c(Cl)cc(F)cc2C(C)N(CC(=O)O)C(=O)OC(C)(C)C)cc1. The number of hydrogen-bond acceptors (Lipinski definition) is 5. The number of aliphatic carboxylic acids is 1. The van der Waals surface area contributed by atoms with Gasteiger partial charge in [-0.2, -0.15) is 0 Å². The molecule has 0 radical (unpaired) electrons. The standard InChI is InChI=1S/C23H27ClFNO6/c1-14(26(12-21(27)28)22(29)32-23(2,3)4)18-10-15(25)11-20(24)19(18)13-31-17-8-6-16(30-5)7-9-17/h6-11,14H,12-13H2,1-5H3,(H,27,28). The molecule has 0 aromatic heterocycles. The van der Waals surface area contributed by atoms with Crippen molar-refractivity contribution in [3.05, 3.63) is 58.4 Å². The third-order valence-corrected chi connectivity index (χ3v) is 4.83. The van der Waals surface area contributed by atoms with Crippen LogP contribution in [0.15, 0.2) is 36.4 Å². The molecule has 1 unspecified atom stereocenters. The molecule has 2 aromatic rings. The van der Waals surface area contributed by atoms with Gasteiger partial charge in [0.25, 0.3) is 0 Å². The molecule has 0 aliphatic carbocycles. The van der Waals surface area contributed by atoms with Gasteiger partial charge in [-0.3, -0.25) is 9.69 Å². The second kappa shape index (κ2) is 10.5. The number of carbonyl (C=O) groups excluding carboxylic acids is 1. The number of carboxylic acid groups (broad SMARTS) is 1. The molecule has 2 rings (SSSR count). The molecule has 32 heavy (non-hydrogen) atoms. The van der Waals surface area contributed by atoms with Crippen LogP contribution in [0.3, 0.4) is 0 Å². The van der Waals surface area contributed by atoms with E-state index in [1.807, 2.05) is 0 Å². The van der Waals surface area contributed by atoms with E-state index in [0.717, 1.165) is 11.0 Å². The van der Waals surface area contributed by atoms with Crippen LogP contribution >= 0.6 is 11.6 Å². The molecular formula is C23H27ClFNO6. The maximum absolute atomic E-state index is 14.2. The van der Waals surface area contributed by atoms with Crippen LogP contribution in [0.25, 0.3) is 0 Å². The summed E-state index contributed by atoms with van der Waals surface area (Å²) in [4.78, 5) is 25.1. The van der Waals surface area contributed by atoms with E-state index in [0.29, 0.717) is 22.6 Å². The number of methoxy groups -OCH3 is 1. The van der Waals surface area contributed by atoms with Crippen molar-refractivity contribution in [2.45, 2.75) is 45.9 Å². The minimum Gasteiger partial charge on any atom is -0.497 e. The fraction of sp³-hybridized carbons (Fsp3) is 0.391. The average molecular weight is 468 g/mol. The number of nitrogens with zero attached hydrogens (tertiary/aromatic N) is 1. The van der Waals surface area contributed by atoms with Gasteiger partial charge in [0.05, 0.1) is 18.2 Å². The highest BCUT2D eigenvalue weighted by Gasteiger charge is 2.30. The zero-order chi connectivity index (χ0) is 24.1. The second-order valence-corrected chi connectivity index (χ2v) is 8.50. The molecule has 0 bridgehead atoms. The molecule has 0 heterocycles. The largest absolute Gasteiger partial charge is 0.497 e. The smallest absolute Gasteiger partial charge is 0.411 e. The molecular weight excluding hydrogens is 441 g/mol. The van der Waals surface area contributed by atoms with Gasteiger partial charge in [0.2, 0.25) is 0 Å². The summed E-state index contributed by atoms with van der Waals surface area (Å²) in [5.74, 6) is -0.668. The number of benzene rings is 2. The summed E-state index contributed by atoms with van der Waals surface area (Å²) in [5, 5.41) is 9.41. The van der Waals surface area contributed by atoms with Gasteiger partial charge in [-0.25, -0.2) is 9.18 Å². The highest BCUT2D eigenvalue weighted by atomic mass is 35.5. The molecule has 0 fully saturated rings. The number of carboxylic acids is 1. The number of ether oxygens (including phenoxy) is 3. The van der Waals surface area contributed by atoms with Crippen LogP contribution in [0, 0.1) is 5.82 Å². The van der Waals surface area contributed by atoms with Gasteiger partial charge in [-0.15, -0.1) is 0 Å². The highest BCUT2D eigenvalue weighted by molar-refractivity contribution is 6.31. The van der Waals surface area contributed by atoms with Crippen molar-refractivity contribution in [1.29, 1.82) is 0 Å². The number of rotatable bonds is 8. The molecule has 7 nitrogen and oxygen atoms in total. The third kappa shape index (κ3) is 7.02. The van der Waals surface area contributed by atoms with Gasteiger partial charge >= 0.3 is 12.1 Å². The van der Waals surface area contributed by atoms with Crippen molar-refractivity contribution in [1.82, 2.24) is 4.90 Å². The molecule has 2 aromatic carbocycles. The second-order valence-electron chi connectivity index (χ2n) is 8.10. The van der Waals surface area contributed by atoms with Crippen molar-refractivity contribution in [2.75, 3.05) is 13.7 Å². The summed E-state index contributed by atoms with van der Waals surface area (Å²) >= 11 is 6.30. The Hall–Kier alpha value is -3.00. The maximum Gasteiger partial charge on any atom is 0.411 e. The fourth-order valence-electron chi connectivity index (χ4n) is 2.97. The first-order valence-corrected chi connectivity index (χ1v) is 10.2. The predicted molar refractivity (Wildman–Crippen MR) is 118 cm³/mol. The lowest BCUT2D eigenvalue weighted by atomic mass is 10.00. The van der Waals surface area contributed by atoms with Crippen molar-refractivity contribution in [3.63, 3.8) is 0 Å². The van der Waals surface area contributed by atoms with E-state index in [4.69, 9.17) is 25.8 Å². The predicted octanol–water partition coefficient (Wildman–Crippen LogP) is 5.45. The number of amides is 1. The number of carbonyl (C=O) groups is 2. The fourth-order valence-corrected chi connectivity index (χ4v) is 3.24. The Morgan fingerprint density at radius 2 is 1.75 bits per heavy atom. The van der Waals surface area contributed by atoms with Gasteiger partial charge in [0.15, 0.2) is 0 Å².